The molecule has 42 heavy (non-hydrogen) atoms. The Kier molecular flexibility index (Phi) is 8.64. The van der Waals surface area contributed by atoms with Crippen LogP contribution in [0.15, 0.2) is 72.0 Å². The van der Waals surface area contributed by atoms with Gasteiger partial charge in [0.25, 0.3) is 0 Å². The molecular weight excluding hydrogens is 534 g/mol. The fraction of sp³-hybridized carbons (Fsp3) is 0.200. The summed E-state index contributed by atoms with van der Waals surface area (Å²) in [6.07, 6.45) is 4.85. The lowest BCUT2D eigenvalue weighted by Crippen LogP contribution is -2.37. The number of rotatable bonds is 7. The first-order valence-corrected chi connectivity index (χ1v) is 13.3. The molecule has 5 N–H and O–H groups in total. The van der Waals surface area contributed by atoms with Crippen LogP contribution in [0.1, 0.15) is 12.5 Å². The Morgan fingerprint density at radius 1 is 0.976 bits per heavy atom. The molecule has 0 bridgehead atoms. The summed E-state index contributed by atoms with van der Waals surface area (Å²) in [6, 6.07) is 15.8. The molecule has 1 aliphatic rings. The van der Waals surface area contributed by atoms with Gasteiger partial charge in [0.1, 0.15) is 11.6 Å². The Hall–Kier alpha value is -5.36. The maximum absolute atomic E-state index is 12.5. The second-order valence-corrected chi connectivity index (χ2v) is 9.48. The molecule has 1 saturated heterocycles. The fourth-order valence-electron chi connectivity index (χ4n) is 4.51. The topological polar surface area (TPSA) is 160 Å². The third-order valence-corrected chi connectivity index (χ3v) is 6.49. The number of nitrogens with zero attached hydrogens (tertiary/aromatic N) is 5. The highest BCUT2D eigenvalue weighted by molar-refractivity contribution is 6.10. The van der Waals surface area contributed by atoms with Crippen LogP contribution in [0.4, 0.5) is 27.8 Å². The van der Waals surface area contributed by atoms with E-state index in [1.807, 2.05) is 24.3 Å². The highest BCUT2D eigenvalue weighted by Crippen LogP contribution is 2.30. The molecule has 0 unspecified atom stereocenters. The number of allylic oxidation sites excluding steroid dienone is 1. The number of carbonyl (C=O) groups excluding carboxylic acids is 2. The summed E-state index contributed by atoms with van der Waals surface area (Å²) >= 11 is 0. The van der Waals surface area contributed by atoms with Crippen molar-refractivity contribution in [2.75, 3.05) is 54.2 Å². The van der Waals surface area contributed by atoms with Crippen molar-refractivity contribution in [2.45, 2.75) is 6.92 Å². The molecule has 0 radical (unpaired) electrons. The van der Waals surface area contributed by atoms with E-state index in [2.05, 4.69) is 30.8 Å². The van der Waals surface area contributed by atoms with Crippen molar-refractivity contribution in [3.8, 4) is 11.4 Å². The summed E-state index contributed by atoms with van der Waals surface area (Å²) < 4.78 is 5.56. The maximum Gasteiger partial charge on any atom is 0.324 e. The Morgan fingerprint density at radius 2 is 1.71 bits per heavy atom. The molecule has 0 spiro atoms. The van der Waals surface area contributed by atoms with E-state index in [0.717, 1.165) is 40.9 Å². The number of pyridine rings is 1. The lowest BCUT2D eigenvalue weighted by Gasteiger charge is -2.29. The van der Waals surface area contributed by atoms with Crippen molar-refractivity contribution in [1.29, 1.82) is 0 Å². The fourth-order valence-corrected chi connectivity index (χ4v) is 4.51. The van der Waals surface area contributed by atoms with E-state index in [9.17, 15) is 9.59 Å². The van der Waals surface area contributed by atoms with Gasteiger partial charge in [0.15, 0.2) is 5.82 Å². The third kappa shape index (κ3) is 6.67. The number of hydrogen-bond donors (Lipinski definition) is 4. The van der Waals surface area contributed by atoms with E-state index in [0.29, 0.717) is 41.8 Å². The van der Waals surface area contributed by atoms with Crippen molar-refractivity contribution in [3.05, 3.63) is 72.6 Å². The van der Waals surface area contributed by atoms with E-state index in [-0.39, 0.29) is 5.91 Å². The van der Waals surface area contributed by atoms with Crippen LogP contribution < -0.4 is 26.6 Å². The Morgan fingerprint density at radius 3 is 2.36 bits per heavy atom. The van der Waals surface area contributed by atoms with E-state index in [1.165, 1.54) is 13.1 Å². The number of urea groups is 1. The monoisotopic (exact) mass is 565 g/mol. The van der Waals surface area contributed by atoms with Crippen LogP contribution in [0.5, 0.6) is 0 Å². The molecule has 3 heterocycles. The number of benzene rings is 2. The highest BCUT2D eigenvalue weighted by atomic mass is 16.5. The van der Waals surface area contributed by atoms with Gasteiger partial charge in [-0.2, -0.15) is 0 Å². The Balaban J connectivity index is 1.38. The van der Waals surface area contributed by atoms with Crippen molar-refractivity contribution < 1.29 is 14.3 Å². The number of hydrogen-bond acceptors (Lipinski definition) is 9. The highest BCUT2D eigenvalue weighted by Gasteiger charge is 2.19. The van der Waals surface area contributed by atoms with Gasteiger partial charge in [-0.15, -0.1) is 0 Å². The first-order chi connectivity index (χ1) is 20.4. The summed E-state index contributed by atoms with van der Waals surface area (Å²) in [5.41, 5.74) is 10.2. The average molecular weight is 566 g/mol. The van der Waals surface area contributed by atoms with Crippen LogP contribution in [0, 0.1) is 0 Å². The number of fused-ring (bicyclic) bond motifs is 1. The van der Waals surface area contributed by atoms with Gasteiger partial charge in [-0.25, -0.2) is 19.7 Å². The third-order valence-electron chi connectivity index (χ3n) is 6.49. The Bertz CT molecular complexity index is 1650. The number of anilines is 4. The first-order valence-electron chi connectivity index (χ1n) is 13.3. The molecule has 0 atom stereocenters. The lowest BCUT2D eigenvalue weighted by atomic mass is 10.0. The summed E-state index contributed by atoms with van der Waals surface area (Å²) in [5, 5.41) is 9.07. The zero-order chi connectivity index (χ0) is 29.5. The minimum Gasteiger partial charge on any atom is -0.404 e. The predicted octanol–water partition coefficient (Wildman–Crippen LogP) is 4.13. The molecular formula is C30H31N9O3. The number of aromatic nitrogens is 3. The Labute approximate surface area is 242 Å². The predicted molar refractivity (Wildman–Crippen MR) is 166 cm³/mol. The maximum atomic E-state index is 12.5. The second kappa shape index (κ2) is 12.9. The smallest absolute Gasteiger partial charge is 0.324 e. The number of amides is 3. The molecule has 1 fully saturated rings. The number of aliphatic imine (C=N–C) groups is 1. The van der Waals surface area contributed by atoms with Gasteiger partial charge >= 0.3 is 6.03 Å². The molecule has 0 aliphatic carbocycles. The summed E-state index contributed by atoms with van der Waals surface area (Å²) in [4.78, 5) is 44.2. The molecule has 3 amide bonds. The van der Waals surface area contributed by atoms with Crippen molar-refractivity contribution in [2.24, 2.45) is 10.7 Å². The van der Waals surface area contributed by atoms with Crippen molar-refractivity contribution >= 4 is 57.6 Å². The molecule has 4 aromatic rings. The lowest BCUT2D eigenvalue weighted by molar-refractivity contribution is -0.114. The van der Waals surface area contributed by atoms with Gasteiger partial charge < -0.3 is 26.0 Å². The van der Waals surface area contributed by atoms with E-state index < -0.39 is 6.03 Å². The number of morpholine rings is 1. The van der Waals surface area contributed by atoms with Crippen LogP contribution in [0.3, 0.4) is 0 Å². The first kappa shape index (κ1) is 28.2. The quantitative estimate of drug-likeness (QED) is 0.243. The number of nitrogens with two attached hydrogens (primary N) is 1. The molecule has 2 aromatic heterocycles. The molecule has 0 saturated carbocycles. The number of nitrogens with one attached hydrogen (secondary N) is 3. The largest absolute Gasteiger partial charge is 0.404 e. The summed E-state index contributed by atoms with van der Waals surface area (Å²) in [7, 11) is 1.70. The second-order valence-electron chi connectivity index (χ2n) is 9.48. The van der Waals surface area contributed by atoms with Gasteiger partial charge in [-0.3, -0.25) is 15.1 Å². The van der Waals surface area contributed by atoms with E-state index in [4.69, 9.17) is 20.4 Å². The number of ether oxygens (including phenoxy) is 1. The van der Waals surface area contributed by atoms with Crippen LogP contribution >= 0.6 is 0 Å². The van der Waals surface area contributed by atoms with Gasteiger partial charge in [0, 0.05) is 73.6 Å². The molecule has 5 rings (SSSR count). The van der Waals surface area contributed by atoms with Crippen LogP contribution in [0.2, 0.25) is 0 Å². The van der Waals surface area contributed by atoms with Crippen LogP contribution in [-0.4, -0.2) is 66.5 Å². The van der Waals surface area contributed by atoms with Crippen LogP contribution in [-0.2, 0) is 9.53 Å². The minimum absolute atomic E-state index is 0.168. The standard InChI is InChI=1S/C30H31N9O3/c1-19(40)34-23-5-7-24(8-6-23)35-30(41)37-27-10-4-21(18-33-27)28-36-26-15-20(22(16-31)17-32-2)3-9-25(26)29(38-28)39-11-13-42-14-12-39/h3-10,15-18H,11-14,31H2,1-2H3,(H,34,40)(H2,33,35,37,41). The van der Waals surface area contributed by atoms with Crippen LogP contribution in [0.25, 0.3) is 27.9 Å². The minimum atomic E-state index is -0.453. The SMILES string of the molecule is CN=CC(=CN)c1ccc2c(N3CCOCC3)nc(-c3ccc(NC(=O)Nc4ccc(NC(C)=O)cc4)nc3)nc2c1. The molecule has 12 nitrogen and oxygen atoms in total. The molecule has 12 heteroatoms. The molecule has 214 valence electrons. The zero-order valence-corrected chi connectivity index (χ0v) is 23.3. The van der Waals surface area contributed by atoms with Crippen molar-refractivity contribution in [3.63, 3.8) is 0 Å². The van der Waals surface area contributed by atoms with Gasteiger partial charge in [-0.1, -0.05) is 6.07 Å². The van der Waals surface area contributed by atoms with E-state index in [1.54, 1.807) is 49.8 Å². The summed E-state index contributed by atoms with van der Waals surface area (Å²) in [6.45, 7) is 4.11. The zero-order valence-electron chi connectivity index (χ0n) is 23.3. The summed E-state index contributed by atoms with van der Waals surface area (Å²) in [5.74, 6) is 1.52. The molecule has 1 aliphatic heterocycles. The van der Waals surface area contributed by atoms with E-state index >= 15 is 0 Å². The van der Waals surface area contributed by atoms with Gasteiger partial charge in [0.2, 0.25) is 5.91 Å². The number of carbonyl (C=O) groups is 2. The molecule has 2 aromatic carbocycles. The van der Waals surface area contributed by atoms with Gasteiger partial charge in [0.05, 0.1) is 18.7 Å². The van der Waals surface area contributed by atoms with Gasteiger partial charge in [-0.05, 0) is 54.1 Å². The average Bonchev–Trinajstić information content (AvgIpc) is 3.00. The van der Waals surface area contributed by atoms with Crippen molar-refractivity contribution in [1.82, 2.24) is 15.0 Å². The normalized spacial score (nSPS) is 13.8.